The van der Waals surface area contributed by atoms with Crippen molar-refractivity contribution in [1.82, 2.24) is 24.9 Å². The lowest BCUT2D eigenvalue weighted by molar-refractivity contribution is -0.140. The standard InChI is InChI=1S/C23H27F4N7O2/c1-11(2)34-22(35-16-7-12(3)18(24)17(8-16)23(25,26)27)30-20(31-34)29-19-14-5-6-15(19)10-33(9-14)21-28-13(4)32-36-21/h7-8,11,14-15,19H,5-6,9-10H2,1-4H3,(H,29,31)/t14-,15+,19-. The van der Waals surface area contributed by atoms with Crippen molar-refractivity contribution in [1.29, 1.82) is 0 Å². The van der Waals surface area contributed by atoms with Crippen LogP contribution >= 0.6 is 0 Å². The van der Waals surface area contributed by atoms with Gasteiger partial charge in [0.1, 0.15) is 11.6 Å². The van der Waals surface area contributed by atoms with Crippen molar-refractivity contribution >= 4 is 12.0 Å². The van der Waals surface area contributed by atoms with Crippen LogP contribution in [0.4, 0.5) is 29.5 Å². The minimum Gasteiger partial charge on any atom is -0.424 e. The maximum Gasteiger partial charge on any atom is 0.419 e. The SMILES string of the molecule is Cc1noc(N2C[C@H]3CC[C@@H](C2)[C@@H]3Nc2nc(Oc3cc(C)c(F)c(C(F)(F)F)c3)n(C(C)C)n2)n1. The number of fused-ring (bicyclic) bond motifs is 2. The van der Waals surface area contributed by atoms with Gasteiger partial charge in [0.2, 0.25) is 5.95 Å². The predicted octanol–water partition coefficient (Wildman–Crippen LogP) is 5.14. The minimum atomic E-state index is -4.85. The lowest BCUT2D eigenvalue weighted by Gasteiger charge is -2.37. The van der Waals surface area contributed by atoms with E-state index in [1.807, 2.05) is 13.8 Å². The smallest absolute Gasteiger partial charge is 0.419 e. The van der Waals surface area contributed by atoms with E-state index in [1.165, 1.54) is 17.7 Å². The van der Waals surface area contributed by atoms with Crippen molar-refractivity contribution in [3.63, 3.8) is 0 Å². The zero-order valence-electron chi connectivity index (χ0n) is 20.3. The number of ether oxygens (including phenoxy) is 1. The van der Waals surface area contributed by atoms with Gasteiger partial charge in [-0.25, -0.2) is 9.07 Å². The summed E-state index contributed by atoms with van der Waals surface area (Å²) < 4.78 is 66.4. The van der Waals surface area contributed by atoms with E-state index in [9.17, 15) is 17.6 Å². The van der Waals surface area contributed by atoms with E-state index < -0.39 is 17.6 Å². The van der Waals surface area contributed by atoms with Crippen molar-refractivity contribution in [2.45, 2.75) is 58.8 Å². The number of anilines is 2. The molecule has 1 aromatic carbocycles. The quantitative estimate of drug-likeness (QED) is 0.457. The Morgan fingerprint density at radius 3 is 2.39 bits per heavy atom. The van der Waals surface area contributed by atoms with Crippen molar-refractivity contribution in [2.24, 2.45) is 11.8 Å². The van der Waals surface area contributed by atoms with Crippen molar-refractivity contribution in [2.75, 3.05) is 23.3 Å². The van der Waals surface area contributed by atoms with Crippen LogP contribution in [0.25, 0.3) is 0 Å². The van der Waals surface area contributed by atoms with Crippen LogP contribution in [-0.2, 0) is 6.18 Å². The summed E-state index contributed by atoms with van der Waals surface area (Å²) in [6, 6.07) is 2.35. The first-order valence-corrected chi connectivity index (χ1v) is 11.8. The average molecular weight is 510 g/mol. The fourth-order valence-corrected chi connectivity index (χ4v) is 5.06. The topological polar surface area (TPSA) is 94.1 Å². The van der Waals surface area contributed by atoms with Crippen LogP contribution in [0.15, 0.2) is 16.7 Å². The highest BCUT2D eigenvalue weighted by Crippen LogP contribution is 2.40. The van der Waals surface area contributed by atoms with Gasteiger partial charge in [0.05, 0.1) is 11.6 Å². The van der Waals surface area contributed by atoms with Gasteiger partial charge in [0.15, 0.2) is 5.82 Å². The monoisotopic (exact) mass is 509 g/mol. The molecule has 1 aliphatic carbocycles. The second kappa shape index (κ2) is 8.93. The zero-order chi connectivity index (χ0) is 25.8. The number of alkyl halides is 3. The van der Waals surface area contributed by atoms with E-state index in [2.05, 4.69) is 30.4 Å². The van der Waals surface area contributed by atoms with Gasteiger partial charge in [-0.3, -0.25) is 0 Å². The Bertz CT molecular complexity index is 1240. The molecule has 3 atom stereocenters. The summed E-state index contributed by atoms with van der Waals surface area (Å²) in [4.78, 5) is 10.9. The number of benzene rings is 1. The minimum absolute atomic E-state index is 0.0257. The summed E-state index contributed by atoms with van der Waals surface area (Å²) in [5.74, 6) is 0.0518. The number of nitrogens with one attached hydrogen (secondary N) is 1. The molecule has 5 rings (SSSR count). The molecule has 2 aliphatic rings. The molecule has 0 unspecified atom stereocenters. The van der Waals surface area contributed by atoms with Gasteiger partial charge in [-0.15, -0.1) is 5.10 Å². The van der Waals surface area contributed by atoms with E-state index in [0.29, 0.717) is 35.7 Å². The maximum atomic E-state index is 14.1. The van der Waals surface area contributed by atoms with E-state index in [0.717, 1.165) is 25.9 Å². The van der Waals surface area contributed by atoms with Gasteiger partial charge in [0.25, 0.3) is 0 Å². The number of halogens is 4. The average Bonchev–Trinajstić information content (AvgIpc) is 3.46. The molecule has 2 bridgehead atoms. The van der Waals surface area contributed by atoms with Crippen LogP contribution in [0.2, 0.25) is 0 Å². The van der Waals surface area contributed by atoms with Crippen LogP contribution in [0.3, 0.4) is 0 Å². The van der Waals surface area contributed by atoms with Gasteiger partial charge in [-0.1, -0.05) is 5.16 Å². The molecule has 3 aromatic rings. The van der Waals surface area contributed by atoms with Gasteiger partial charge < -0.3 is 19.5 Å². The molecule has 1 saturated carbocycles. The number of nitrogens with zero attached hydrogens (tertiary/aromatic N) is 6. The number of piperidine rings is 1. The predicted molar refractivity (Wildman–Crippen MR) is 121 cm³/mol. The molecule has 2 fully saturated rings. The second-order valence-corrected chi connectivity index (χ2v) is 9.75. The largest absolute Gasteiger partial charge is 0.424 e. The number of aromatic nitrogens is 5. The third-order valence-electron chi connectivity index (χ3n) is 6.75. The van der Waals surface area contributed by atoms with Gasteiger partial charge in [-0.2, -0.15) is 23.1 Å². The Morgan fingerprint density at radius 2 is 1.81 bits per heavy atom. The van der Waals surface area contributed by atoms with Crippen molar-refractivity contribution in [3.8, 4) is 11.8 Å². The Kier molecular flexibility index (Phi) is 6.03. The fourth-order valence-electron chi connectivity index (χ4n) is 5.06. The van der Waals surface area contributed by atoms with Crippen molar-refractivity contribution in [3.05, 3.63) is 34.9 Å². The number of aryl methyl sites for hydroxylation is 2. The molecule has 9 nitrogen and oxygen atoms in total. The summed E-state index contributed by atoms with van der Waals surface area (Å²) in [6.45, 7) is 8.25. The molecule has 2 aromatic heterocycles. The van der Waals surface area contributed by atoms with Gasteiger partial charge >= 0.3 is 18.2 Å². The van der Waals surface area contributed by atoms with Gasteiger partial charge in [-0.05, 0) is 70.1 Å². The molecular weight excluding hydrogens is 482 g/mol. The lowest BCUT2D eigenvalue weighted by atomic mass is 9.92. The molecule has 194 valence electrons. The molecule has 3 heterocycles. The summed E-state index contributed by atoms with van der Waals surface area (Å²) in [5, 5.41) is 11.8. The molecule has 36 heavy (non-hydrogen) atoms. The van der Waals surface area contributed by atoms with E-state index >= 15 is 0 Å². The molecule has 1 saturated heterocycles. The first kappa shape index (κ1) is 24.3. The van der Waals surface area contributed by atoms with Crippen molar-refractivity contribution < 1.29 is 26.8 Å². The number of hydrogen-bond donors (Lipinski definition) is 1. The molecule has 1 aliphatic heterocycles. The fraction of sp³-hybridized carbons (Fsp3) is 0.565. The summed E-state index contributed by atoms with van der Waals surface area (Å²) in [5.41, 5.74) is -1.56. The van der Waals surface area contributed by atoms with Crippen LogP contribution < -0.4 is 15.0 Å². The van der Waals surface area contributed by atoms with Crippen LogP contribution in [0.1, 0.15) is 49.7 Å². The van der Waals surface area contributed by atoms with Crippen LogP contribution in [-0.4, -0.2) is 44.0 Å². The lowest BCUT2D eigenvalue weighted by Crippen LogP contribution is -2.48. The first-order valence-electron chi connectivity index (χ1n) is 11.8. The maximum absolute atomic E-state index is 14.1. The Hall–Kier alpha value is -3.38. The molecule has 0 amide bonds. The third-order valence-corrected chi connectivity index (χ3v) is 6.75. The summed E-state index contributed by atoms with van der Waals surface area (Å²) in [7, 11) is 0. The normalized spacial score (nSPS) is 21.9. The zero-order valence-corrected chi connectivity index (χ0v) is 20.3. The van der Waals surface area contributed by atoms with E-state index in [-0.39, 0.29) is 29.4 Å². The molecule has 0 radical (unpaired) electrons. The highest BCUT2D eigenvalue weighted by molar-refractivity contribution is 5.39. The van der Waals surface area contributed by atoms with Crippen LogP contribution in [0, 0.1) is 31.5 Å². The summed E-state index contributed by atoms with van der Waals surface area (Å²) in [6.07, 6.45) is -2.80. The molecular formula is C23H27F4N7O2. The molecule has 1 N–H and O–H groups in total. The number of rotatable bonds is 6. The Balaban J connectivity index is 1.36. The van der Waals surface area contributed by atoms with Gasteiger partial charge in [0, 0.05) is 19.1 Å². The van der Waals surface area contributed by atoms with E-state index in [4.69, 9.17) is 9.26 Å². The number of hydrogen-bond acceptors (Lipinski definition) is 8. The highest BCUT2D eigenvalue weighted by Gasteiger charge is 2.44. The third kappa shape index (κ3) is 4.58. The Morgan fingerprint density at radius 1 is 1.11 bits per heavy atom. The Labute approximate surface area is 204 Å². The highest BCUT2D eigenvalue weighted by atomic mass is 19.4. The van der Waals surface area contributed by atoms with Crippen LogP contribution in [0.5, 0.6) is 11.8 Å². The summed E-state index contributed by atoms with van der Waals surface area (Å²) >= 11 is 0. The second-order valence-electron chi connectivity index (χ2n) is 9.75. The molecule has 0 spiro atoms. The van der Waals surface area contributed by atoms with E-state index in [1.54, 1.807) is 6.92 Å². The first-order chi connectivity index (χ1) is 17.0. The molecule has 13 heteroatoms.